The Bertz CT molecular complexity index is 666. The van der Waals surface area contributed by atoms with Crippen molar-refractivity contribution in [1.82, 2.24) is 0 Å². The average molecular weight is 595 g/mol. The Labute approximate surface area is 180 Å². The molecule has 0 amide bonds. The molecule has 0 heterocycles. The average Bonchev–Trinajstić information content (AvgIpc) is 2.90. The zero-order valence-electron chi connectivity index (χ0n) is 13.8. The fourth-order valence-corrected chi connectivity index (χ4v) is 8.02. The predicted molar refractivity (Wildman–Crippen MR) is 83.1 cm³/mol. The van der Waals surface area contributed by atoms with Gasteiger partial charge in [0.25, 0.3) is 0 Å². The molecule has 0 bridgehead atoms. The van der Waals surface area contributed by atoms with Gasteiger partial charge in [-0.1, -0.05) is 0 Å². The van der Waals surface area contributed by atoms with Crippen molar-refractivity contribution in [3.63, 3.8) is 0 Å². The van der Waals surface area contributed by atoms with Gasteiger partial charge in [0.1, 0.15) is 0 Å². The minimum absolute atomic E-state index is 0. The van der Waals surface area contributed by atoms with Crippen LogP contribution in [0.2, 0.25) is 0 Å². The summed E-state index contributed by atoms with van der Waals surface area (Å²) in [5, 5.41) is 0. The van der Waals surface area contributed by atoms with Gasteiger partial charge in [-0.3, -0.25) is 0 Å². The third-order valence-electron chi connectivity index (χ3n) is 5.16. The second-order valence-corrected chi connectivity index (χ2v) is 9.95. The van der Waals surface area contributed by atoms with Crippen LogP contribution in [0.15, 0.2) is 50.3 Å². The van der Waals surface area contributed by atoms with Crippen LogP contribution in [0.4, 0.5) is 0 Å². The van der Waals surface area contributed by atoms with Crippen LogP contribution in [0.25, 0.3) is 6.08 Å². The maximum atomic E-state index is 2.45. The molecule has 0 N–H and O–H groups in total. The van der Waals surface area contributed by atoms with Crippen molar-refractivity contribution in [2.75, 3.05) is 0 Å². The molecule has 1 aromatic carbocycles. The summed E-state index contributed by atoms with van der Waals surface area (Å²) < 4.78 is 2.51. The van der Waals surface area contributed by atoms with E-state index in [0.717, 1.165) is 3.63 Å². The molecule has 1 atom stereocenters. The first-order valence-corrected chi connectivity index (χ1v) is 10.0. The zero-order chi connectivity index (χ0) is 14.5. The Morgan fingerprint density at radius 1 is 0.955 bits per heavy atom. The van der Waals surface area contributed by atoms with Gasteiger partial charge in [0, 0.05) is 0 Å². The standard InChI is InChI=1S/C10H15.C9H7.2HI.Zr/c1-7-6-10(4,5)9(3)8(7)2;1-2-5-9-7-3-6-8(9)4-1;;;/h1-5H3;1-7H;2*1H;/q;;;;+2/p-2. The van der Waals surface area contributed by atoms with Crippen molar-refractivity contribution < 1.29 is 71.2 Å². The van der Waals surface area contributed by atoms with Crippen molar-refractivity contribution in [2.45, 2.75) is 38.2 Å². The maximum absolute atomic E-state index is 2.45. The summed E-state index contributed by atoms with van der Waals surface area (Å²) in [7, 11) is 0. The number of benzene rings is 1. The van der Waals surface area contributed by atoms with Gasteiger partial charge in [-0.2, -0.15) is 0 Å². The van der Waals surface area contributed by atoms with Gasteiger partial charge in [-0.15, -0.1) is 0 Å². The quantitative estimate of drug-likeness (QED) is 0.405. The summed E-state index contributed by atoms with van der Waals surface area (Å²) in [6, 6.07) is 8.91. The molecule has 1 unspecified atom stereocenters. The van der Waals surface area contributed by atoms with Gasteiger partial charge in [0.15, 0.2) is 0 Å². The zero-order valence-corrected chi connectivity index (χ0v) is 20.6. The summed E-state index contributed by atoms with van der Waals surface area (Å²) in [5.74, 6) is 0. The van der Waals surface area contributed by atoms with Gasteiger partial charge in [-0.25, -0.2) is 0 Å². The summed E-state index contributed by atoms with van der Waals surface area (Å²) in [6.45, 7) is 11.8. The van der Waals surface area contributed by atoms with E-state index in [1.54, 1.807) is 25.6 Å². The Balaban J connectivity index is 0.00000121. The van der Waals surface area contributed by atoms with Crippen molar-refractivity contribution in [3.05, 3.63) is 61.5 Å². The first kappa shape index (κ1) is 20.8. The largest absolute Gasteiger partial charge is 1.00 e. The molecule has 2 aliphatic carbocycles. The van der Waals surface area contributed by atoms with Gasteiger partial charge in [0.2, 0.25) is 0 Å². The Morgan fingerprint density at radius 2 is 1.59 bits per heavy atom. The smallest absolute Gasteiger partial charge is 1.00 e. The van der Waals surface area contributed by atoms with E-state index < -0.39 is 23.2 Å². The Morgan fingerprint density at radius 3 is 2.18 bits per heavy atom. The molecule has 0 saturated heterocycles. The van der Waals surface area contributed by atoms with Gasteiger partial charge < -0.3 is 48.0 Å². The van der Waals surface area contributed by atoms with E-state index in [0.29, 0.717) is 5.41 Å². The second-order valence-electron chi connectivity index (χ2n) is 6.49. The van der Waals surface area contributed by atoms with Gasteiger partial charge >= 0.3 is 134 Å². The third-order valence-corrected chi connectivity index (χ3v) is 10.3. The summed E-state index contributed by atoms with van der Waals surface area (Å²) >= 11 is -0.636. The number of fused-ring (bicyclic) bond motifs is 1. The summed E-state index contributed by atoms with van der Waals surface area (Å²) in [5.41, 5.74) is 8.02. The molecule has 1 aromatic rings. The van der Waals surface area contributed by atoms with Crippen LogP contribution >= 0.6 is 0 Å². The van der Waals surface area contributed by atoms with Gasteiger partial charge in [0.05, 0.1) is 0 Å². The van der Waals surface area contributed by atoms with E-state index in [1.807, 2.05) is 0 Å². The number of allylic oxidation sites excluding steroid dienone is 5. The number of hydrogen-bond donors (Lipinski definition) is 0. The molecule has 0 saturated carbocycles. The normalized spacial score (nSPS) is 21.2. The van der Waals surface area contributed by atoms with Crippen molar-refractivity contribution >= 4 is 6.08 Å². The number of hydrogen-bond acceptors (Lipinski definition) is 0. The molecule has 2 aliphatic rings. The molecule has 0 radical (unpaired) electrons. The third kappa shape index (κ3) is 3.42. The van der Waals surface area contributed by atoms with E-state index in [2.05, 4.69) is 71.0 Å². The molecule has 3 rings (SSSR count). The Kier molecular flexibility index (Phi) is 7.36. The molecule has 0 aliphatic heterocycles. The van der Waals surface area contributed by atoms with Crippen LogP contribution in [0.3, 0.4) is 0 Å². The first-order chi connectivity index (χ1) is 9.43. The van der Waals surface area contributed by atoms with Crippen molar-refractivity contribution in [2.24, 2.45) is 5.41 Å². The molecule has 0 spiro atoms. The topological polar surface area (TPSA) is 0 Å². The number of halogens is 2. The van der Waals surface area contributed by atoms with E-state index in [1.165, 1.54) is 5.56 Å². The minimum atomic E-state index is -0.636. The van der Waals surface area contributed by atoms with E-state index in [-0.39, 0.29) is 48.0 Å². The van der Waals surface area contributed by atoms with Crippen molar-refractivity contribution in [1.29, 1.82) is 0 Å². The van der Waals surface area contributed by atoms with Crippen LogP contribution in [0, 0.1) is 5.41 Å². The SMILES string of the molecule is CC1=C(C)C(C)(C)[C]([Zr+2][CH]2C=Cc3ccccc32)=C1C.[I-].[I-]. The molecule has 22 heavy (non-hydrogen) atoms. The monoisotopic (exact) mass is 594 g/mol. The van der Waals surface area contributed by atoms with E-state index >= 15 is 0 Å². The Hall–Kier alpha value is 0.783. The second kappa shape index (κ2) is 7.78. The van der Waals surface area contributed by atoms with E-state index in [9.17, 15) is 0 Å². The first-order valence-electron chi connectivity index (χ1n) is 7.36. The minimum Gasteiger partial charge on any atom is -1.00 e. The van der Waals surface area contributed by atoms with E-state index in [4.69, 9.17) is 0 Å². The van der Waals surface area contributed by atoms with Crippen molar-refractivity contribution in [3.8, 4) is 0 Å². The number of rotatable bonds is 2. The van der Waals surface area contributed by atoms with Crippen LogP contribution < -0.4 is 48.0 Å². The summed E-state index contributed by atoms with van der Waals surface area (Å²) in [6.07, 6.45) is 4.78. The van der Waals surface area contributed by atoms with Gasteiger partial charge in [-0.05, 0) is 0 Å². The maximum Gasteiger partial charge on any atom is -1.00 e. The molecule has 116 valence electrons. The summed E-state index contributed by atoms with van der Waals surface area (Å²) in [4.78, 5) is 0. The van der Waals surface area contributed by atoms with Crippen LogP contribution in [0.1, 0.15) is 49.4 Å². The molecule has 0 nitrogen and oxygen atoms in total. The molecule has 0 aromatic heterocycles. The molecule has 3 heteroatoms. The molecule has 0 fully saturated rings. The van der Waals surface area contributed by atoms with Crippen LogP contribution in [-0.2, 0) is 23.2 Å². The predicted octanol–water partition coefficient (Wildman–Crippen LogP) is -0.505. The molecular formula is C19H22I2Zr. The van der Waals surface area contributed by atoms with Crippen LogP contribution in [0.5, 0.6) is 0 Å². The molecular weight excluding hydrogens is 573 g/mol. The van der Waals surface area contributed by atoms with Crippen LogP contribution in [-0.4, -0.2) is 0 Å². The fourth-order valence-electron chi connectivity index (χ4n) is 3.41. The fraction of sp³-hybridized carbons (Fsp3) is 0.368.